The third kappa shape index (κ3) is 10.2. The van der Waals surface area contributed by atoms with Gasteiger partial charge in [0.1, 0.15) is 0 Å². The summed E-state index contributed by atoms with van der Waals surface area (Å²) in [4.78, 5) is 24.0. The molecule has 0 atom stereocenters. The molecule has 0 saturated carbocycles. The third-order valence-electron chi connectivity index (χ3n) is 4.12. The van der Waals surface area contributed by atoms with Crippen molar-refractivity contribution in [3.8, 4) is 11.5 Å². The van der Waals surface area contributed by atoms with Crippen LogP contribution in [0.15, 0.2) is 24.3 Å². The standard InChI is InChI=1S/C22H34O4/c1-17(2)11-5-9-15-21(23)25-19-13-7-8-14-20(19)26-22(24)16-10-6-12-18(3)4/h7-8,13-14,17-18H,5-6,9-12,15-16H2,1-4H3. The molecule has 0 amide bonds. The van der Waals surface area contributed by atoms with Crippen LogP contribution in [0, 0.1) is 11.8 Å². The highest BCUT2D eigenvalue weighted by Crippen LogP contribution is 2.27. The van der Waals surface area contributed by atoms with Gasteiger partial charge in [0.15, 0.2) is 11.5 Å². The normalized spacial score (nSPS) is 11.0. The highest BCUT2D eigenvalue weighted by Gasteiger charge is 2.13. The van der Waals surface area contributed by atoms with Gasteiger partial charge < -0.3 is 9.47 Å². The first-order valence-corrected chi connectivity index (χ1v) is 9.89. The van der Waals surface area contributed by atoms with Gasteiger partial charge in [-0.25, -0.2) is 0 Å². The molecular formula is C22H34O4. The molecule has 0 unspecified atom stereocenters. The summed E-state index contributed by atoms with van der Waals surface area (Å²) in [5.74, 6) is 1.36. The van der Waals surface area contributed by atoms with Crippen LogP contribution in [0.3, 0.4) is 0 Å². The van der Waals surface area contributed by atoms with Crippen molar-refractivity contribution < 1.29 is 19.1 Å². The van der Waals surface area contributed by atoms with E-state index in [9.17, 15) is 9.59 Å². The fraction of sp³-hybridized carbons (Fsp3) is 0.636. The van der Waals surface area contributed by atoms with E-state index in [1.165, 1.54) is 0 Å². The van der Waals surface area contributed by atoms with Crippen LogP contribution < -0.4 is 9.47 Å². The maximum absolute atomic E-state index is 12.0. The minimum Gasteiger partial charge on any atom is -0.423 e. The summed E-state index contributed by atoms with van der Waals surface area (Å²) in [5.41, 5.74) is 0. The van der Waals surface area contributed by atoms with E-state index >= 15 is 0 Å². The van der Waals surface area contributed by atoms with Crippen LogP contribution in [0.25, 0.3) is 0 Å². The predicted octanol–water partition coefficient (Wildman–Crippen LogP) is 5.93. The Hall–Kier alpha value is -1.84. The van der Waals surface area contributed by atoms with Gasteiger partial charge >= 0.3 is 11.9 Å². The molecule has 26 heavy (non-hydrogen) atoms. The molecular weight excluding hydrogens is 328 g/mol. The molecule has 0 N–H and O–H groups in total. The molecule has 0 spiro atoms. The molecule has 0 saturated heterocycles. The van der Waals surface area contributed by atoms with Crippen molar-refractivity contribution >= 4 is 11.9 Å². The van der Waals surface area contributed by atoms with Crippen molar-refractivity contribution in [2.24, 2.45) is 11.8 Å². The predicted molar refractivity (Wildman–Crippen MR) is 104 cm³/mol. The Kier molecular flexibility index (Phi) is 10.7. The highest BCUT2D eigenvalue weighted by molar-refractivity contribution is 5.76. The smallest absolute Gasteiger partial charge is 0.311 e. The lowest BCUT2D eigenvalue weighted by atomic mass is 10.1. The molecule has 0 fully saturated rings. The fourth-order valence-corrected chi connectivity index (χ4v) is 2.61. The lowest BCUT2D eigenvalue weighted by Crippen LogP contribution is -2.12. The highest BCUT2D eigenvalue weighted by atomic mass is 16.6. The maximum atomic E-state index is 12.0. The van der Waals surface area contributed by atoms with E-state index in [1.807, 2.05) is 0 Å². The fourth-order valence-electron chi connectivity index (χ4n) is 2.61. The molecule has 0 aliphatic carbocycles. The molecule has 1 rings (SSSR count). The number of hydrogen-bond acceptors (Lipinski definition) is 4. The van der Waals surface area contributed by atoms with Gasteiger partial charge in [-0.05, 0) is 36.8 Å². The Morgan fingerprint density at radius 3 is 1.46 bits per heavy atom. The van der Waals surface area contributed by atoms with Crippen LogP contribution in [0.2, 0.25) is 0 Å². The van der Waals surface area contributed by atoms with Gasteiger partial charge in [0.25, 0.3) is 0 Å². The summed E-state index contributed by atoms with van der Waals surface area (Å²) in [6.45, 7) is 8.69. The minimum atomic E-state index is -0.283. The second-order valence-corrected chi connectivity index (χ2v) is 7.67. The lowest BCUT2D eigenvalue weighted by molar-refractivity contribution is -0.137. The Balaban J connectivity index is 2.43. The zero-order chi connectivity index (χ0) is 19.4. The van der Waals surface area contributed by atoms with Crippen molar-refractivity contribution in [2.45, 2.75) is 79.1 Å². The Morgan fingerprint density at radius 1 is 0.731 bits per heavy atom. The van der Waals surface area contributed by atoms with E-state index < -0.39 is 0 Å². The number of rotatable bonds is 12. The maximum Gasteiger partial charge on any atom is 0.311 e. The Bertz CT molecular complexity index is 500. The summed E-state index contributed by atoms with van der Waals surface area (Å²) < 4.78 is 10.8. The van der Waals surface area contributed by atoms with Crippen LogP contribution in [-0.2, 0) is 9.59 Å². The Morgan fingerprint density at radius 2 is 1.12 bits per heavy atom. The number of unbranched alkanes of at least 4 members (excludes halogenated alkanes) is 2. The van der Waals surface area contributed by atoms with E-state index in [2.05, 4.69) is 27.7 Å². The second kappa shape index (κ2) is 12.5. The van der Waals surface area contributed by atoms with Crippen LogP contribution in [-0.4, -0.2) is 11.9 Å². The largest absolute Gasteiger partial charge is 0.423 e. The monoisotopic (exact) mass is 362 g/mol. The summed E-state index contributed by atoms with van der Waals surface area (Å²) in [6, 6.07) is 6.85. The van der Waals surface area contributed by atoms with Crippen molar-refractivity contribution in [3.05, 3.63) is 24.3 Å². The summed E-state index contributed by atoms with van der Waals surface area (Å²) >= 11 is 0. The van der Waals surface area contributed by atoms with E-state index in [4.69, 9.17) is 9.47 Å². The third-order valence-corrected chi connectivity index (χ3v) is 4.12. The molecule has 4 heteroatoms. The zero-order valence-corrected chi connectivity index (χ0v) is 16.8. The quantitative estimate of drug-likeness (QED) is 0.263. The summed E-state index contributed by atoms with van der Waals surface area (Å²) in [7, 11) is 0. The number of benzene rings is 1. The van der Waals surface area contributed by atoms with E-state index in [0.717, 1.165) is 38.5 Å². The molecule has 4 nitrogen and oxygen atoms in total. The van der Waals surface area contributed by atoms with Crippen molar-refractivity contribution in [1.29, 1.82) is 0 Å². The first kappa shape index (κ1) is 22.2. The zero-order valence-electron chi connectivity index (χ0n) is 16.8. The molecule has 0 aliphatic heterocycles. The molecule has 1 aromatic rings. The van der Waals surface area contributed by atoms with Gasteiger partial charge in [-0.2, -0.15) is 0 Å². The van der Waals surface area contributed by atoms with Gasteiger partial charge in [-0.3, -0.25) is 9.59 Å². The summed E-state index contributed by atoms with van der Waals surface area (Å²) in [6.07, 6.45) is 6.63. The Labute approximate surface area is 158 Å². The molecule has 0 heterocycles. The second-order valence-electron chi connectivity index (χ2n) is 7.67. The van der Waals surface area contributed by atoms with Gasteiger partial charge in [0, 0.05) is 12.8 Å². The van der Waals surface area contributed by atoms with Gasteiger partial charge in [-0.1, -0.05) is 65.5 Å². The topological polar surface area (TPSA) is 52.6 Å². The van der Waals surface area contributed by atoms with Gasteiger partial charge in [0.2, 0.25) is 0 Å². The number of esters is 2. The van der Waals surface area contributed by atoms with Crippen molar-refractivity contribution in [3.63, 3.8) is 0 Å². The minimum absolute atomic E-state index is 0.283. The van der Waals surface area contributed by atoms with E-state index in [0.29, 0.717) is 36.2 Å². The lowest BCUT2D eigenvalue weighted by Gasteiger charge is -2.11. The molecule has 0 aromatic heterocycles. The number of ether oxygens (including phenoxy) is 2. The average molecular weight is 363 g/mol. The average Bonchev–Trinajstić information content (AvgIpc) is 2.57. The molecule has 1 aromatic carbocycles. The van der Waals surface area contributed by atoms with E-state index in [1.54, 1.807) is 24.3 Å². The number of para-hydroxylation sites is 2. The molecule has 146 valence electrons. The van der Waals surface area contributed by atoms with Gasteiger partial charge in [0.05, 0.1) is 0 Å². The SMILES string of the molecule is CC(C)CCCCC(=O)Oc1ccccc1OC(=O)CCCCC(C)C. The number of carbonyl (C=O) groups is 2. The first-order chi connectivity index (χ1) is 12.4. The van der Waals surface area contributed by atoms with Crippen molar-refractivity contribution in [2.75, 3.05) is 0 Å². The molecule has 0 radical (unpaired) electrons. The number of carbonyl (C=O) groups excluding carboxylic acids is 2. The first-order valence-electron chi connectivity index (χ1n) is 9.89. The van der Waals surface area contributed by atoms with Crippen LogP contribution in [0.1, 0.15) is 79.1 Å². The number of hydrogen-bond donors (Lipinski definition) is 0. The van der Waals surface area contributed by atoms with Crippen LogP contribution in [0.4, 0.5) is 0 Å². The van der Waals surface area contributed by atoms with Crippen LogP contribution >= 0.6 is 0 Å². The molecule has 0 aliphatic rings. The molecule has 0 bridgehead atoms. The van der Waals surface area contributed by atoms with Crippen molar-refractivity contribution in [1.82, 2.24) is 0 Å². The van der Waals surface area contributed by atoms with E-state index in [-0.39, 0.29) is 11.9 Å². The van der Waals surface area contributed by atoms with Gasteiger partial charge in [-0.15, -0.1) is 0 Å². The van der Waals surface area contributed by atoms with Crippen LogP contribution in [0.5, 0.6) is 11.5 Å². The summed E-state index contributed by atoms with van der Waals surface area (Å²) in [5, 5.41) is 0.